The summed E-state index contributed by atoms with van der Waals surface area (Å²) in [6.45, 7) is 11.1. The van der Waals surface area contributed by atoms with Crippen LogP contribution in [0.4, 0.5) is 4.79 Å². The number of Topliss-reactive ketones (excluding diaryl/α,β-unsaturated/α-hetero) is 1. The molecule has 16 heteroatoms. The molecule has 2 aromatic rings. The van der Waals surface area contributed by atoms with E-state index in [1.54, 1.807) is 69.3 Å². The Morgan fingerprint density at radius 1 is 0.932 bits per heavy atom. The molecule has 0 aromatic heterocycles. The Morgan fingerprint density at radius 2 is 1.53 bits per heavy atom. The van der Waals surface area contributed by atoms with Crippen LogP contribution >= 0.6 is 0 Å². The highest BCUT2D eigenvalue weighted by atomic mass is 16.6. The molecule has 320 valence electrons. The molecule has 0 unspecified atom stereocenters. The molecule has 3 fully saturated rings. The zero-order valence-electron chi connectivity index (χ0n) is 34.3. The van der Waals surface area contributed by atoms with Crippen LogP contribution in [0.25, 0.3) is 0 Å². The third-order valence-electron chi connectivity index (χ3n) is 12.8. The van der Waals surface area contributed by atoms with Crippen molar-refractivity contribution in [3.8, 4) is 0 Å². The topological polar surface area (TPSA) is 245 Å². The second-order valence-electron chi connectivity index (χ2n) is 17.7. The van der Waals surface area contributed by atoms with E-state index in [-0.39, 0.29) is 16.7 Å². The first-order chi connectivity index (χ1) is 27.4. The first-order valence-corrected chi connectivity index (χ1v) is 19.4. The lowest BCUT2D eigenvalue weighted by Crippen LogP contribution is -2.89. The van der Waals surface area contributed by atoms with Gasteiger partial charge in [-0.3, -0.25) is 9.59 Å². The van der Waals surface area contributed by atoms with Crippen LogP contribution in [0.3, 0.4) is 0 Å². The van der Waals surface area contributed by atoms with Gasteiger partial charge in [-0.05, 0) is 63.5 Å². The van der Waals surface area contributed by atoms with Crippen molar-refractivity contribution in [3.63, 3.8) is 0 Å². The van der Waals surface area contributed by atoms with E-state index in [1.807, 2.05) is 0 Å². The average molecular weight is 824 g/mol. The highest BCUT2D eigenvalue weighted by molar-refractivity contribution is 5.97. The lowest BCUT2D eigenvalue weighted by atomic mass is 9.41. The van der Waals surface area contributed by atoms with Crippen molar-refractivity contribution in [2.24, 2.45) is 10.8 Å². The number of carbonyl (C=O) groups is 5. The zero-order chi connectivity index (χ0) is 43.7. The van der Waals surface area contributed by atoms with Crippen molar-refractivity contribution < 1.29 is 73.2 Å². The molecule has 2 aromatic carbocycles. The number of fused-ring (bicyclic) bond motifs is 5. The van der Waals surface area contributed by atoms with Crippen LogP contribution < -0.4 is 5.32 Å². The number of rotatable bonds is 8. The summed E-state index contributed by atoms with van der Waals surface area (Å²) < 4.78 is 29.3. The number of carbonyl (C=O) groups excluding carboxylic acids is 5. The summed E-state index contributed by atoms with van der Waals surface area (Å²) in [6, 6.07) is 14.2. The molecule has 1 heterocycles. The Balaban J connectivity index is 1.52. The smallest absolute Gasteiger partial charge is 0.408 e. The van der Waals surface area contributed by atoms with Crippen molar-refractivity contribution in [2.75, 3.05) is 6.61 Å². The molecule has 59 heavy (non-hydrogen) atoms. The monoisotopic (exact) mass is 823 g/mol. The van der Waals surface area contributed by atoms with E-state index in [0.717, 1.165) is 6.92 Å². The summed E-state index contributed by atoms with van der Waals surface area (Å²) >= 11 is 0. The van der Waals surface area contributed by atoms with Crippen molar-refractivity contribution in [1.29, 1.82) is 0 Å². The third-order valence-corrected chi connectivity index (χ3v) is 12.8. The standard InChI is InChI=1S/C43H53NO15/c1-22-26(56-35(51)32(48)30(24-15-11-9-12-16-24)44-37(52)59-38(3,4)5)20-41(53)36(57-34(50)25-17-13-10-14-18-25)40(8)42(58-23(2)45)21-55-28(42)19-27(46)43(40,54)33(49)31(47)29(22)39(41,6)7/h9-18,26-28,30-32,36,46-48,53-54H,19-21H2,1-8H3,(H,44,52)/t26-,27-,28+,30-,31+,32+,36-,40+,41+,42-,43+/m0/s1. The van der Waals surface area contributed by atoms with E-state index < -0.39 is 125 Å². The minimum Gasteiger partial charge on any atom is -0.456 e. The van der Waals surface area contributed by atoms with Gasteiger partial charge in [0.05, 0.1) is 29.7 Å². The number of benzene rings is 2. The summed E-state index contributed by atoms with van der Waals surface area (Å²) in [6.07, 6.45) is -13.3. The highest BCUT2D eigenvalue weighted by Crippen LogP contribution is 2.67. The Bertz CT molecular complexity index is 2030. The number of aliphatic hydroxyl groups excluding tert-OH is 3. The second-order valence-corrected chi connectivity index (χ2v) is 17.7. The van der Waals surface area contributed by atoms with Gasteiger partial charge < -0.3 is 54.5 Å². The number of amides is 1. The maximum atomic E-state index is 14.9. The van der Waals surface area contributed by atoms with Gasteiger partial charge in [-0.15, -0.1) is 0 Å². The largest absolute Gasteiger partial charge is 0.456 e. The van der Waals surface area contributed by atoms with Crippen LogP contribution in [0, 0.1) is 10.8 Å². The van der Waals surface area contributed by atoms with Crippen LogP contribution in [-0.2, 0) is 38.1 Å². The summed E-state index contributed by atoms with van der Waals surface area (Å²) in [5.41, 5.74) is -12.7. The fourth-order valence-corrected chi connectivity index (χ4v) is 9.72. The van der Waals surface area contributed by atoms with Gasteiger partial charge in [-0.2, -0.15) is 0 Å². The van der Waals surface area contributed by atoms with Gasteiger partial charge in [-0.25, -0.2) is 14.4 Å². The van der Waals surface area contributed by atoms with Crippen LogP contribution in [0.15, 0.2) is 71.8 Å². The zero-order valence-corrected chi connectivity index (χ0v) is 34.3. The van der Waals surface area contributed by atoms with Gasteiger partial charge in [0, 0.05) is 25.2 Å². The number of ketones is 1. The molecular formula is C43H53NO15. The van der Waals surface area contributed by atoms with E-state index in [2.05, 4.69) is 5.32 Å². The molecule has 11 atom stereocenters. The van der Waals surface area contributed by atoms with E-state index in [0.29, 0.717) is 5.56 Å². The summed E-state index contributed by atoms with van der Waals surface area (Å²) in [5.74, 6) is -4.59. The molecule has 6 rings (SSSR count). The van der Waals surface area contributed by atoms with Crippen LogP contribution in [0.1, 0.15) is 90.2 Å². The van der Waals surface area contributed by atoms with Gasteiger partial charge in [0.1, 0.15) is 35.6 Å². The van der Waals surface area contributed by atoms with Crippen molar-refractivity contribution in [2.45, 2.75) is 133 Å². The van der Waals surface area contributed by atoms with Crippen molar-refractivity contribution in [1.82, 2.24) is 5.32 Å². The summed E-state index contributed by atoms with van der Waals surface area (Å²) in [7, 11) is 0. The lowest BCUT2D eigenvalue weighted by Gasteiger charge is -2.71. The molecule has 4 aliphatic rings. The molecule has 3 aliphatic carbocycles. The Kier molecular flexibility index (Phi) is 11.2. The normalized spacial score (nSPS) is 34.6. The van der Waals surface area contributed by atoms with E-state index in [1.165, 1.54) is 39.8 Å². The molecule has 1 saturated heterocycles. The molecular weight excluding hydrogens is 770 g/mol. The fourth-order valence-electron chi connectivity index (χ4n) is 9.72. The van der Waals surface area contributed by atoms with Crippen LogP contribution in [0.5, 0.6) is 0 Å². The highest BCUT2D eigenvalue weighted by Gasteiger charge is 2.85. The summed E-state index contributed by atoms with van der Waals surface area (Å²) in [5, 5.41) is 64.3. The number of alkyl carbamates (subject to hydrolysis) is 1. The van der Waals surface area contributed by atoms with Gasteiger partial charge in [-0.1, -0.05) is 62.4 Å². The predicted octanol–water partition coefficient (Wildman–Crippen LogP) is 2.37. The van der Waals surface area contributed by atoms with E-state index in [9.17, 15) is 49.5 Å². The molecule has 0 spiro atoms. The van der Waals surface area contributed by atoms with E-state index in [4.69, 9.17) is 23.7 Å². The quantitative estimate of drug-likeness (QED) is 0.127. The molecule has 1 amide bonds. The molecule has 1 aliphatic heterocycles. The maximum absolute atomic E-state index is 14.9. The van der Waals surface area contributed by atoms with Crippen LogP contribution in [-0.4, -0.2) is 121 Å². The minimum atomic E-state index is -3.07. The number of nitrogens with one attached hydrogen (secondary N) is 1. The van der Waals surface area contributed by atoms with Gasteiger partial charge >= 0.3 is 24.0 Å². The Morgan fingerprint density at radius 3 is 2.07 bits per heavy atom. The first kappa shape index (κ1) is 43.9. The van der Waals surface area contributed by atoms with Gasteiger partial charge in [0.25, 0.3) is 0 Å². The molecule has 2 saturated carbocycles. The number of aliphatic hydroxyl groups is 5. The predicted molar refractivity (Wildman–Crippen MR) is 205 cm³/mol. The molecule has 16 nitrogen and oxygen atoms in total. The van der Waals surface area contributed by atoms with Crippen molar-refractivity contribution >= 4 is 29.8 Å². The Hall–Kier alpha value is -4.71. The number of esters is 3. The van der Waals surface area contributed by atoms with Gasteiger partial charge in [0.2, 0.25) is 0 Å². The maximum Gasteiger partial charge on any atom is 0.408 e. The molecule has 2 bridgehead atoms. The average Bonchev–Trinajstić information content (AvgIpc) is 3.16. The van der Waals surface area contributed by atoms with E-state index >= 15 is 0 Å². The summed E-state index contributed by atoms with van der Waals surface area (Å²) in [4.78, 5) is 69.0. The number of ether oxygens (including phenoxy) is 5. The SMILES string of the molecule is CC(=O)O[C@@]12CO[C@@H]1C[C@H](O)[C@@]1(O)C(=O)[C@H](O)C3=C(C)[C@@H](OC(=O)[C@H](O)[C@@H](NC(=O)OC(C)(C)C)c4ccccc4)C[C@@](O)([C@@H](OC(=O)c4ccccc4)[C@]21C)C3(C)C. The van der Waals surface area contributed by atoms with Crippen LogP contribution in [0.2, 0.25) is 0 Å². The first-order valence-electron chi connectivity index (χ1n) is 19.4. The number of hydrogen-bond acceptors (Lipinski definition) is 15. The number of hydrogen-bond donors (Lipinski definition) is 6. The Labute approximate surface area is 341 Å². The molecule has 0 radical (unpaired) electrons. The molecule has 6 N–H and O–H groups in total. The fraction of sp³-hybridized carbons (Fsp3) is 0.558. The van der Waals surface area contributed by atoms with Crippen molar-refractivity contribution in [3.05, 3.63) is 82.9 Å². The lowest BCUT2D eigenvalue weighted by molar-refractivity contribution is -0.391. The second kappa shape index (κ2) is 15.1. The minimum absolute atomic E-state index is 0.00735. The van der Waals surface area contributed by atoms with Gasteiger partial charge in [0.15, 0.2) is 23.1 Å². The third kappa shape index (κ3) is 6.83.